The minimum absolute atomic E-state index is 0.0663. The summed E-state index contributed by atoms with van der Waals surface area (Å²) < 4.78 is 61.4. The Balaban J connectivity index is 4.65. The van der Waals surface area contributed by atoms with Crippen LogP contribution in [0.3, 0.4) is 0 Å². The molecule has 5 atom stereocenters. The number of esters is 3. The van der Waals surface area contributed by atoms with E-state index in [4.69, 9.17) is 32.3 Å². The van der Waals surface area contributed by atoms with E-state index < -0.39 is 91.5 Å². The van der Waals surface area contributed by atoms with E-state index in [2.05, 4.69) is 215 Å². The molecule has 0 radical (unpaired) electrons. The van der Waals surface area contributed by atoms with Gasteiger partial charge in [-0.05, 0) is 161 Å². The van der Waals surface area contributed by atoms with Gasteiger partial charge in [-0.3, -0.25) is 32.5 Å². The van der Waals surface area contributed by atoms with E-state index in [9.17, 15) is 43.5 Å². The maximum atomic E-state index is 13.1. The average Bonchev–Trinajstić information content (AvgIpc) is 0.889. The van der Waals surface area contributed by atoms with Crippen LogP contribution < -0.4 is 0 Å². The van der Waals surface area contributed by atoms with E-state index in [1.807, 2.05) is 0 Å². The highest BCUT2D eigenvalue weighted by Crippen LogP contribution is 2.45. The number of unbranched alkanes of at least 4 members (excludes halogenated alkanes) is 28. The van der Waals surface area contributed by atoms with Gasteiger partial charge < -0.3 is 34.2 Å². The lowest BCUT2D eigenvalue weighted by atomic mass is 10.0. The van der Waals surface area contributed by atoms with Crippen LogP contribution in [0, 0.1) is 0 Å². The van der Waals surface area contributed by atoms with E-state index in [-0.39, 0.29) is 19.3 Å². The van der Waals surface area contributed by atoms with Gasteiger partial charge in [-0.2, -0.15) is 0 Å². The maximum Gasteiger partial charge on any atom is 0.472 e. The number of carbonyl (C=O) groups excluding carboxylic acids is 3. The normalized spacial score (nSPS) is 14.7. The number of ether oxygens (including phenoxy) is 3. The van der Waals surface area contributed by atoms with Crippen molar-refractivity contribution in [2.24, 2.45) is 0 Å². The fraction of sp³-hybridized carbons (Fsp3) is 0.639. The molecule has 0 spiro atoms. The van der Waals surface area contributed by atoms with Crippen molar-refractivity contribution in [3.05, 3.63) is 194 Å². The van der Waals surface area contributed by atoms with Gasteiger partial charge in [0.05, 0.1) is 26.4 Å². The molecule has 0 aliphatic carbocycles. The van der Waals surface area contributed by atoms with Crippen LogP contribution in [0.2, 0.25) is 0 Å². The van der Waals surface area contributed by atoms with Crippen LogP contribution in [0.15, 0.2) is 194 Å². The van der Waals surface area contributed by atoms with Gasteiger partial charge >= 0.3 is 33.6 Å². The summed E-state index contributed by atoms with van der Waals surface area (Å²) in [5, 5.41) is 20.7. The zero-order chi connectivity index (χ0) is 83.6. The first kappa shape index (κ1) is 109. The number of phosphoric acid groups is 2. The lowest BCUT2D eigenvalue weighted by Gasteiger charge is -2.21. The van der Waals surface area contributed by atoms with Crippen molar-refractivity contribution in [1.82, 2.24) is 0 Å². The zero-order valence-corrected chi connectivity index (χ0v) is 73.7. The van der Waals surface area contributed by atoms with Crippen molar-refractivity contribution in [1.29, 1.82) is 0 Å². The van der Waals surface area contributed by atoms with Crippen LogP contribution >= 0.6 is 15.6 Å². The lowest BCUT2D eigenvalue weighted by molar-refractivity contribution is -0.161. The SMILES string of the molecule is CC/C=C\C/C=C\C/C=C\C/C=C\C/C=C\C/C=C\CCCCCCC(=O)OC(COC(=O)CCCCCCCCCCC/C=C\C/C=C\C/C=C\C/C=C\C/C=C\CC)COP(=O)(O)OCC(O)COP(=O)(O)OCC(O)COC(=O)CCCCCCCCCCCCCCCCC/C=C\C/C=C\C/C=C\C/C=C\C/C=C\CC. The first-order chi connectivity index (χ1) is 56.2. The third-order valence-electron chi connectivity index (χ3n) is 18.3. The Morgan fingerprint density at radius 2 is 0.435 bits per heavy atom. The Morgan fingerprint density at radius 1 is 0.243 bits per heavy atom. The summed E-state index contributed by atoms with van der Waals surface area (Å²) in [6, 6.07) is 0. The maximum absolute atomic E-state index is 13.1. The van der Waals surface area contributed by atoms with Gasteiger partial charge in [0.25, 0.3) is 0 Å². The topological polar surface area (TPSA) is 231 Å². The largest absolute Gasteiger partial charge is 0.472 e. The molecule has 0 heterocycles. The van der Waals surface area contributed by atoms with Gasteiger partial charge in [-0.15, -0.1) is 0 Å². The molecule has 0 saturated carbocycles. The molecule has 0 amide bonds. The molecule has 0 aromatic heterocycles. The summed E-state index contributed by atoms with van der Waals surface area (Å²) in [5.41, 5.74) is 0. The second-order valence-electron chi connectivity index (χ2n) is 29.3. The highest BCUT2D eigenvalue weighted by Gasteiger charge is 2.29. The standard InChI is InChI=1S/C97H160O16P2/c1-4-7-10-13-16-19-22-25-28-31-34-37-40-42-43-44-45-46-47-49-52-53-56-59-62-65-68-71-74-77-80-83-95(100)107-86-92(98)87-109-114(103,104)110-88-93(99)89-111-115(105,106)112-91-94(113-97(102)85-82-79-76-73-70-67-64-61-58-55-50-39-36-33-30-27-24-21-18-15-12-9-6-3)90-108-96(101)84-81-78-75-72-69-66-63-60-57-54-51-48-41-38-35-32-29-26-23-20-17-14-11-8-5-2/h7-12,16-21,25-30,34-39,42-43,48,51,55,58,64,67,92-94,98-99H,4-6,13-15,22-24,31-33,40-41,44-47,49-50,52-54,56-57,59-63,65-66,68-91H2,1-3H3,(H,103,104)(H,105,106)/b10-7-,11-8-,12-9-,19-16-,20-17-,21-18-,28-25-,29-26-,30-27-,37-34-,38-35-,39-36-,43-42-,51-48-,58-55-,67-64-. The summed E-state index contributed by atoms with van der Waals surface area (Å²) in [6.45, 7) is 2.32. The minimum atomic E-state index is -4.96. The predicted octanol–water partition coefficient (Wildman–Crippen LogP) is 27.4. The summed E-state index contributed by atoms with van der Waals surface area (Å²) >= 11 is 0. The van der Waals surface area contributed by atoms with Crippen LogP contribution in [0.4, 0.5) is 0 Å². The predicted molar refractivity (Wildman–Crippen MR) is 481 cm³/mol. The van der Waals surface area contributed by atoms with Crippen LogP contribution in [-0.2, 0) is 55.8 Å². The Bertz CT molecular complexity index is 2870. The molecular formula is C97H160O16P2. The Kier molecular flexibility index (Phi) is 83.4. The smallest absolute Gasteiger partial charge is 0.463 e. The molecule has 16 nitrogen and oxygen atoms in total. The van der Waals surface area contributed by atoms with Gasteiger partial charge in [0.15, 0.2) is 6.10 Å². The average molecular weight is 1640 g/mol. The van der Waals surface area contributed by atoms with E-state index >= 15 is 0 Å². The summed E-state index contributed by atoms with van der Waals surface area (Å²) in [6.07, 6.45) is 116. The number of hydrogen-bond acceptors (Lipinski definition) is 14. The van der Waals surface area contributed by atoms with Crippen LogP contribution in [0.25, 0.3) is 0 Å². The molecule has 4 N–H and O–H groups in total. The van der Waals surface area contributed by atoms with Crippen molar-refractivity contribution in [3.63, 3.8) is 0 Å². The number of rotatable bonds is 83. The molecule has 654 valence electrons. The Morgan fingerprint density at radius 3 is 0.687 bits per heavy atom. The molecule has 0 bridgehead atoms. The number of aliphatic hydroxyl groups is 2. The molecular weight excluding hydrogens is 1480 g/mol. The second-order valence-corrected chi connectivity index (χ2v) is 32.2. The molecule has 0 fully saturated rings. The number of hydrogen-bond donors (Lipinski definition) is 4. The molecule has 0 aromatic rings. The first-order valence-corrected chi connectivity index (χ1v) is 47.7. The Labute approximate surface area is 699 Å². The van der Waals surface area contributed by atoms with Crippen molar-refractivity contribution in [2.45, 2.75) is 360 Å². The second kappa shape index (κ2) is 87.7. The number of allylic oxidation sites excluding steroid dienone is 32. The first-order valence-electron chi connectivity index (χ1n) is 44.7. The summed E-state index contributed by atoms with van der Waals surface area (Å²) in [5.74, 6) is -1.61. The van der Waals surface area contributed by atoms with Gasteiger partial charge in [-0.25, -0.2) is 9.13 Å². The zero-order valence-electron chi connectivity index (χ0n) is 71.9. The van der Waals surface area contributed by atoms with E-state index in [1.165, 1.54) is 103 Å². The van der Waals surface area contributed by atoms with Crippen molar-refractivity contribution >= 4 is 33.6 Å². The fourth-order valence-electron chi connectivity index (χ4n) is 11.6. The molecule has 0 aliphatic heterocycles. The number of aliphatic hydroxyl groups excluding tert-OH is 2. The number of phosphoric ester groups is 2. The van der Waals surface area contributed by atoms with Gasteiger partial charge in [0.2, 0.25) is 0 Å². The van der Waals surface area contributed by atoms with Crippen molar-refractivity contribution < 1.29 is 75.8 Å². The van der Waals surface area contributed by atoms with Crippen LogP contribution in [0.5, 0.6) is 0 Å². The third-order valence-corrected chi connectivity index (χ3v) is 20.2. The van der Waals surface area contributed by atoms with E-state index in [1.54, 1.807) is 0 Å². The van der Waals surface area contributed by atoms with Crippen LogP contribution in [-0.4, -0.2) is 95.9 Å². The van der Waals surface area contributed by atoms with Crippen molar-refractivity contribution in [3.8, 4) is 0 Å². The lowest BCUT2D eigenvalue weighted by Crippen LogP contribution is -2.30. The van der Waals surface area contributed by atoms with Gasteiger partial charge in [0, 0.05) is 19.3 Å². The van der Waals surface area contributed by atoms with Gasteiger partial charge in [0.1, 0.15) is 25.4 Å². The molecule has 0 saturated heterocycles. The molecule has 5 unspecified atom stereocenters. The molecule has 0 aliphatic rings. The van der Waals surface area contributed by atoms with E-state index in [0.29, 0.717) is 19.3 Å². The fourth-order valence-corrected chi connectivity index (χ4v) is 13.2. The van der Waals surface area contributed by atoms with E-state index in [0.717, 1.165) is 180 Å². The molecule has 18 heteroatoms. The minimum Gasteiger partial charge on any atom is -0.463 e. The van der Waals surface area contributed by atoms with Crippen LogP contribution in [0.1, 0.15) is 342 Å². The quantitative estimate of drug-likeness (QED) is 0.0146. The molecule has 0 rings (SSSR count). The van der Waals surface area contributed by atoms with Gasteiger partial charge in [-0.1, -0.05) is 356 Å². The number of carbonyl (C=O) groups is 3. The third kappa shape index (κ3) is 89.0. The summed E-state index contributed by atoms with van der Waals surface area (Å²) in [7, 11) is -9.83. The monoisotopic (exact) mass is 1640 g/mol. The summed E-state index contributed by atoms with van der Waals surface area (Å²) in [4.78, 5) is 59.0. The Hall–Kier alpha value is -5.61. The highest BCUT2D eigenvalue weighted by molar-refractivity contribution is 7.47. The molecule has 0 aromatic carbocycles. The highest BCUT2D eigenvalue weighted by atomic mass is 31.2. The molecule has 115 heavy (non-hydrogen) atoms. The van der Waals surface area contributed by atoms with Crippen molar-refractivity contribution in [2.75, 3.05) is 39.6 Å².